The Hall–Kier alpha value is -0.333. The molecule has 68 valence electrons. The van der Waals surface area contributed by atoms with E-state index in [0.717, 1.165) is 12.8 Å². The fraction of sp³-hybridized carbons (Fsp3) is 0.889. The number of hydrogen-bond acceptors (Lipinski definition) is 2. The molecule has 0 N–H and O–H groups in total. The third kappa shape index (κ3) is 2.33. The largest absolute Gasteiger partial charge is 0.400 e. The van der Waals surface area contributed by atoms with Gasteiger partial charge in [0.2, 0.25) is 0 Å². The van der Waals surface area contributed by atoms with Crippen molar-refractivity contribution in [2.75, 3.05) is 0 Å². The van der Waals surface area contributed by atoms with E-state index < -0.39 is 13.9 Å². The third-order valence-corrected chi connectivity index (χ3v) is 3.13. The minimum Gasteiger partial charge on any atom is -0.400 e. The van der Waals surface area contributed by atoms with Crippen molar-refractivity contribution in [3.05, 3.63) is 0 Å². The van der Waals surface area contributed by atoms with Crippen LogP contribution in [0.15, 0.2) is 0 Å². The van der Waals surface area contributed by atoms with Gasteiger partial charge in [-0.3, -0.25) is 0 Å². The van der Waals surface area contributed by atoms with Gasteiger partial charge in [-0.1, -0.05) is 0 Å². The highest BCUT2D eigenvalue weighted by Crippen LogP contribution is 2.42. The van der Waals surface area contributed by atoms with E-state index in [9.17, 15) is 0 Å². The highest BCUT2D eigenvalue weighted by atomic mass is 28.4. The van der Waals surface area contributed by atoms with Crippen molar-refractivity contribution in [2.24, 2.45) is 5.92 Å². The van der Waals surface area contributed by atoms with Crippen molar-refractivity contribution in [1.82, 2.24) is 0 Å². The van der Waals surface area contributed by atoms with Crippen LogP contribution in [-0.4, -0.2) is 13.9 Å². The van der Waals surface area contributed by atoms with Gasteiger partial charge in [0.1, 0.15) is 5.60 Å². The van der Waals surface area contributed by atoms with Crippen LogP contribution in [0, 0.1) is 17.2 Å². The quantitative estimate of drug-likeness (QED) is 0.630. The van der Waals surface area contributed by atoms with Crippen molar-refractivity contribution >= 4 is 8.32 Å². The Balaban J connectivity index is 2.63. The van der Waals surface area contributed by atoms with Gasteiger partial charge in [-0.2, -0.15) is 5.26 Å². The molecule has 1 atom stereocenters. The Morgan fingerprint density at radius 3 is 2.17 bits per heavy atom. The Morgan fingerprint density at radius 2 is 1.92 bits per heavy atom. The Kier molecular flexibility index (Phi) is 2.32. The van der Waals surface area contributed by atoms with E-state index in [1.165, 1.54) is 0 Å². The predicted octanol–water partition coefficient (Wildman–Crippen LogP) is 2.53. The summed E-state index contributed by atoms with van der Waals surface area (Å²) in [5.41, 5.74) is -0.496. The lowest BCUT2D eigenvalue weighted by Crippen LogP contribution is -2.41. The van der Waals surface area contributed by atoms with E-state index in [2.05, 4.69) is 25.7 Å². The van der Waals surface area contributed by atoms with E-state index in [0.29, 0.717) is 5.92 Å². The van der Waals surface area contributed by atoms with Crippen LogP contribution >= 0.6 is 0 Å². The van der Waals surface area contributed by atoms with Gasteiger partial charge in [-0.25, -0.2) is 0 Å². The molecular formula is C9H17NOSi. The summed E-state index contributed by atoms with van der Waals surface area (Å²) in [5.74, 6) is 0.495. The molecule has 0 aromatic rings. The summed E-state index contributed by atoms with van der Waals surface area (Å²) < 4.78 is 5.88. The van der Waals surface area contributed by atoms with Crippen LogP contribution in [-0.2, 0) is 4.43 Å². The molecule has 1 rings (SSSR count). The Labute approximate surface area is 75.7 Å². The molecule has 0 saturated heterocycles. The average Bonchev–Trinajstić information content (AvgIpc) is 2.64. The van der Waals surface area contributed by atoms with Crippen molar-refractivity contribution in [2.45, 2.75) is 45.0 Å². The molecule has 0 heterocycles. The molecule has 3 heteroatoms. The molecule has 0 amide bonds. The lowest BCUT2D eigenvalue weighted by Gasteiger charge is -2.30. The van der Waals surface area contributed by atoms with Crippen LogP contribution < -0.4 is 0 Å². The molecular weight excluding hydrogens is 166 g/mol. The zero-order valence-electron chi connectivity index (χ0n) is 8.35. The fourth-order valence-electron chi connectivity index (χ4n) is 1.47. The summed E-state index contributed by atoms with van der Waals surface area (Å²) in [6.07, 6.45) is 2.32. The van der Waals surface area contributed by atoms with Crippen molar-refractivity contribution in [1.29, 1.82) is 5.26 Å². The van der Waals surface area contributed by atoms with E-state index >= 15 is 0 Å². The fourth-order valence-corrected chi connectivity index (χ4v) is 2.95. The summed E-state index contributed by atoms with van der Waals surface area (Å²) in [6.45, 7) is 8.32. The smallest absolute Gasteiger partial charge is 0.185 e. The van der Waals surface area contributed by atoms with Crippen LogP contribution in [0.5, 0.6) is 0 Å². The van der Waals surface area contributed by atoms with Gasteiger partial charge in [0, 0.05) is 5.92 Å². The number of rotatable bonds is 3. The molecule has 1 aliphatic carbocycles. The molecule has 0 aromatic heterocycles. The minimum atomic E-state index is -1.56. The first-order valence-corrected chi connectivity index (χ1v) is 7.90. The summed E-state index contributed by atoms with van der Waals surface area (Å²) in [4.78, 5) is 0. The Morgan fingerprint density at radius 1 is 1.42 bits per heavy atom. The minimum absolute atomic E-state index is 0.495. The molecule has 0 spiro atoms. The molecule has 0 aliphatic heterocycles. The van der Waals surface area contributed by atoms with Gasteiger partial charge in [0.15, 0.2) is 8.32 Å². The highest BCUT2D eigenvalue weighted by molar-refractivity contribution is 6.69. The van der Waals surface area contributed by atoms with Crippen molar-refractivity contribution in [3.63, 3.8) is 0 Å². The Bertz CT molecular complexity index is 212. The topological polar surface area (TPSA) is 33.0 Å². The van der Waals surface area contributed by atoms with Crippen LogP contribution in [0.25, 0.3) is 0 Å². The molecule has 0 radical (unpaired) electrons. The van der Waals surface area contributed by atoms with Gasteiger partial charge in [-0.15, -0.1) is 0 Å². The van der Waals surface area contributed by atoms with Crippen LogP contribution in [0.3, 0.4) is 0 Å². The van der Waals surface area contributed by atoms with Crippen LogP contribution in [0.4, 0.5) is 0 Å². The number of hydrogen-bond donors (Lipinski definition) is 0. The van der Waals surface area contributed by atoms with Crippen molar-refractivity contribution < 1.29 is 4.43 Å². The molecule has 0 bridgehead atoms. The van der Waals surface area contributed by atoms with Gasteiger partial charge in [0.25, 0.3) is 0 Å². The number of nitriles is 1. The van der Waals surface area contributed by atoms with Crippen molar-refractivity contribution in [3.8, 4) is 6.07 Å². The van der Waals surface area contributed by atoms with Crippen LogP contribution in [0.1, 0.15) is 19.8 Å². The van der Waals surface area contributed by atoms with E-state index in [-0.39, 0.29) is 0 Å². The predicted molar refractivity (Wildman–Crippen MR) is 51.2 cm³/mol. The van der Waals surface area contributed by atoms with E-state index in [4.69, 9.17) is 9.69 Å². The molecule has 1 unspecified atom stereocenters. The molecule has 1 aliphatic rings. The zero-order valence-corrected chi connectivity index (χ0v) is 9.35. The van der Waals surface area contributed by atoms with Gasteiger partial charge < -0.3 is 4.43 Å². The zero-order chi connectivity index (χ0) is 9.41. The third-order valence-electron chi connectivity index (χ3n) is 2.10. The maximum atomic E-state index is 9.01. The summed E-state index contributed by atoms with van der Waals surface area (Å²) in [6, 6.07) is 2.31. The molecule has 0 aromatic carbocycles. The molecule has 2 nitrogen and oxygen atoms in total. The van der Waals surface area contributed by atoms with Gasteiger partial charge in [-0.05, 0) is 39.4 Å². The lowest BCUT2D eigenvalue weighted by atomic mass is 10.0. The summed E-state index contributed by atoms with van der Waals surface area (Å²) >= 11 is 0. The van der Waals surface area contributed by atoms with Gasteiger partial charge in [0.05, 0.1) is 6.07 Å². The number of nitrogens with zero attached hydrogens (tertiary/aromatic N) is 1. The second-order valence-electron chi connectivity index (χ2n) is 4.71. The normalized spacial score (nSPS) is 22.9. The summed E-state index contributed by atoms with van der Waals surface area (Å²) in [5, 5.41) is 9.01. The first-order chi connectivity index (χ1) is 5.37. The summed E-state index contributed by atoms with van der Waals surface area (Å²) in [7, 11) is -1.56. The second kappa shape index (κ2) is 2.86. The molecule has 1 fully saturated rings. The molecule has 12 heavy (non-hydrogen) atoms. The average molecular weight is 183 g/mol. The first-order valence-electron chi connectivity index (χ1n) is 4.49. The van der Waals surface area contributed by atoms with E-state index in [1.807, 2.05) is 6.92 Å². The standard InChI is InChI=1S/C9H17NOSi/c1-9(7-10,8-5-6-8)11-12(2,3)4/h8H,5-6H2,1-4H3. The highest BCUT2D eigenvalue weighted by Gasteiger charge is 2.45. The van der Waals surface area contributed by atoms with Crippen LogP contribution in [0.2, 0.25) is 19.6 Å². The maximum Gasteiger partial charge on any atom is 0.185 e. The lowest BCUT2D eigenvalue weighted by molar-refractivity contribution is 0.116. The first kappa shape index (κ1) is 9.75. The maximum absolute atomic E-state index is 9.01. The van der Waals surface area contributed by atoms with Gasteiger partial charge >= 0.3 is 0 Å². The second-order valence-corrected chi connectivity index (χ2v) is 9.14. The monoisotopic (exact) mass is 183 g/mol. The molecule has 1 saturated carbocycles. The SMILES string of the molecule is CC(C#N)(O[Si](C)(C)C)C1CC1. The van der Waals surface area contributed by atoms with E-state index in [1.54, 1.807) is 0 Å².